The van der Waals surface area contributed by atoms with E-state index in [1.165, 1.54) is 32.2 Å². The summed E-state index contributed by atoms with van der Waals surface area (Å²) in [6, 6.07) is 0.775. The van der Waals surface area contributed by atoms with Crippen LogP contribution in [-0.2, 0) is 4.74 Å². The monoisotopic (exact) mass is 240 g/mol. The van der Waals surface area contributed by atoms with Crippen molar-refractivity contribution in [2.24, 2.45) is 5.92 Å². The van der Waals surface area contributed by atoms with E-state index in [1.54, 1.807) is 0 Å². The fourth-order valence-electron chi connectivity index (χ4n) is 3.14. The van der Waals surface area contributed by atoms with Crippen LogP contribution in [0.15, 0.2) is 0 Å². The Kier molecular flexibility index (Phi) is 5.26. The van der Waals surface area contributed by atoms with Crippen LogP contribution >= 0.6 is 0 Å². The molecule has 0 bridgehead atoms. The van der Waals surface area contributed by atoms with Crippen molar-refractivity contribution in [2.45, 2.75) is 51.7 Å². The lowest BCUT2D eigenvalue weighted by molar-refractivity contribution is -0.0179. The van der Waals surface area contributed by atoms with Crippen LogP contribution in [0.1, 0.15) is 39.5 Å². The summed E-state index contributed by atoms with van der Waals surface area (Å²) < 4.78 is 5.56. The lowest BCUT2D eigenvalue weighted by Crippen LogP contribution is -2.45. The molecule has 1 heterocycles. The second-order valence-corrected chi connectivity index (χ2v) is 5.90. The Labute approximate surface area is 106 Å². The molecule has 0 amide bonds. The highest BCUT2D eigenvalue weighted by Gasteiger charge is 2.19. The van der Waals surface area contributed by atoms with E-state index in [2.05, 4.69) is 24.1 Å². The van der Waals surface area contributed by atoms with Crippen LogP contribution in [-0.4, -0.2) is 49.8 Å². The maximum absolute atomic E-state index is 5.56. The van der Waals surface area contributed by atoms with Crippen molar-refractivity contribution in [3.63, 3.8) is 0 Å². The zero-order valence-electron chi connectivity index (χ0n) is 11.5. The maximum Gasteiger partial charge on any atom is 0.0674 e. The number of hydrogen-bond donors (Lipinski definition) is 1. The van der Waals surface area contributed by atoms with Crippen LogP contribution in [0.2, 0.25) is 0 Å². The summed E-state index contributed by atoms with van der Waals surface area (Å²) in [4.78, 5) is 2.52. The van der Waals surface area contributed by atoms with Crippen LogP contribution in [0.25, 0.3) is 0 Å². The van der Waals surface area contributed by atoms with E-state index >= 15 is 0 Å². The van der Waals surface area contributed by atoms with Gasteiger partial charge in [0.05, 0.1) is 12.7 Å². The van der Waals surface area contributed by atoms with Crippen molar-refractivity contribution in [3.05, 3.63) is 0 Å². The van der Waals surface area contributed by atoms with E-state index in [0.717, 1.165) is 38.2 Å². The van der Waals surface area contributed by atoms with Crippen molar-refractivity contribution >= 4 is 0 Å². The largest absolute Gasteiger partial charge is 0.376 e. The summed E-state index contributed by atoms with van der Waals surface area (Å²) >= 11 is 0. The number of morpholine rings is 1. The van der Waals surface area contributed by atoms with Crippen molar-refractivity contribution in [3.8, 4) is 0 Å². The highest BCUT2D eigenvalue weighted by molar-refractivity contribution is 4.77. The van der Waals surface area contributed by atoms with Gasteiger partial charge < -0.3 is 10.1 Å². The van der Waals surface area contributed by atoms with Gasteiger partial charge in [-0.25, -0.2) is 0 Å². The summed E-state index contributed by atoms with van der Waals surface area (Å²) in [6.07, 6.45) is 6.01. The highest BCUT2D eigenvalue weighted by atomic mass is 16.5. The average molecular weight is 240 g/mol. The number of rotatable bonds is 4. The molecule has 2 rings (SSSR count). The van der Waals surface area contributed by atoms with Crippen LogP contribution in [0.3, 0.4) is 0 Å². The smallest absolute Gasteiger partial charge is 0.0674 e. The molecule has 0 aromatic heterocycles. The van der Waals surface area contributed by atoms with Gasteiger partial charge >= 0.3 is 0 Å². The molecule has 0 spiro atoms. The first kappa shape index (κ1) is 13.3. The minimum atomic E-state index is 0.415. The lowest BCUT2D eigenvalue weighted by atomic mass is 9.87. The molecule has 1 saturated carbocycles. The molecule has 17 heavy (non-hydrogen) atoms. The molecule has 2 fully saturated rings. The van der Waals surface area contributed by atoms with Crippen LogP contribution < -0.4 is 5.32 Å². The second-order valence-electron chi connectivity index (χ2n) is 5.90. The van der Waals surface area contributed by atoms with Crippen molar-refractivity contribution in [2.75, 3.05) is 32.8 Å². The van der Waals surface area contributed by atoms with E-state index in [4.69, 9.17) is 4.74 Å². The standard InChI is InChI=1S/C14H28N2O/c1-12-4-3-5-14(10-12)15-6-7-16-8-9-17-13(2)11-16/h12-15H,3-11H2,1-2H3. The summed E-state index contributed by atoms with van der Waals surface area (Å²) in [7, 11) is 0. The molecule has 100 valence electrons. The molecular weight excluding hydrogens is 212 g/mol. The number of nitrogens with one attached hydrogen (secondary N) is 1. The molecule has 1 aliphatic carbocycles. The predicted molar refractivity (Wildman–Crippen MR) is 71.3 cm³/mol. The highest BCUT2D eigenvalue weighted by Crippen LogP contribution is 2.23. The summed E-state index contributed by atoms with van der Waals surface area (Å²) in [5.74, 6) is 0.921. The first-order valence-corrected chi connectivity index (χ1v) is 7.31. The van der Waals surface area contributed by atoms with Crippen molar-refractivity contribution in [1.82, 2.24) is 10.2 Å². The molecule has 3 atom stereocenters. The Morgan fingerprint density at radius 1 is 1.29 bits per heavy atom. The van der Waals surface area contributed by atoms with Gasteiger partial charge in [-0.05, 0) is 25.7 Å². The van der Waals surface area contributed by atoms with Gasteiger partial charge in [0, 0.05) is 32.2 Å². The predicted octanol–water partition coefficient (Wildman–Crippen LogP) is 1.88. The van der Waals surface area contributed by atoms with Gasteiger partial charge in [-0.15, -0.1) is 0 Å². The molecule has 2 aliphatic rings. The number of ether oxygens (including phenoxy) is 1. The van der Waals surface area contributed by atoms with Gasteiger partial charge in [0.1, 0.15) is 0 Å². The third-order valence-electron chi connectivity index (χ3n) is 4.12. The van der Waals surface area contributed by atoms with Gasteiger partial charge in [0.15, 0.2) is 0 Å². The third kappa shape index (κ3) is 4.57. The Hall–Kier alpha value is -0.120. The second kappa shape index (κ2) is 6.72. The van der Waals surface area contributed by atoms with Gasteiger partial charge in [0.2, 0.25) is 0 Å². The molecular formula is C14H28N2O. The van der Waals surface area contributed by atoms with Crippen molar-refractivity contribution < 1.29 is 4.74 Å². The fourth-order valence-corrected chi connectivity index (χ4v) is 3.14. The molecule has 1 N–H and O–H groups in total. The van der Waals surface area contributed by atoms with Gasteiger partial charge in [-0.1, -0.05) is 19.8 Å². The Morgan fingerprint density at radius 3 is 2.94 bits per heavy atom. The Morgan fingerprint density at radius 2 is 2.18 bits per heavy atom. The average Bonchev–Trinajstić information content (AvgIpc) is 2.29. The molecule has 1 aliphatic heterocycles. The molecule has 3 heteroatoms. The number of nitrogens with zero attached hydrogens (tertiary/aromatic N) is 1. The fraction of sp³-hybridized carbons (Fsp3) is 1.00. The van der Waals surface area contributed by atoms with E-state index in [0.29, 0.717) is 6.10 Å². The van der Waals surface area contributed by atoms with Gasteiger partial charge in [-0.3, -0.25) is 4.90 Å². The minimum absolute atomic E-state index is 0.415. The maximum atomic E-state index is 5.56. The van der Waals surface area contributed by atoms with Crippen LogP contribution in [0.4, 0.5) is 0 Å². The van der Waals surface area contributed by atoms with Crippen LogP contribution in [0.5, 0.6) is 0 Å². The van der Waals surface area contributed by atoms with Gasteiger partial charge in [-0.2, -0.15) is 0 Å². The minimum Gasteiger partial charge on any atom is -0.376 e. The first-order valence-electron chi connectivity index (χ1n) is 7.31. The quantitative estimate of drug-likeness (QED) is 0.812. The SMILES string of the molecule is CC1CCCC(NCCN2CCOC(C)C2)C1. The summed E-state index contributed by atoms with van der Waals surface area (Å²) in [5.41, 5.74) is 0. The zero-order valence-corrected chi connectivity index (χ0v) is 11.5. The molecule has 0 radical (unpaired) electrons. The summed E-state index contributed by atoms with van der Waals surface area (Å²) in [6.45, 7) is 9.99. The van der Waals surface area contributed by atoms with E-state index in [9.17, 15) is 0 Å². The topological polar surface area (TPSA) is 24.5 Å². The number of hydrogen-bond acceptors (Lipinski definition) is 3. The molecule has 3 unspecified atom stereocenters. The molecule has 3 nitrogen and oxygen atoms in total. The van der Waals surface area contributed by atoms with Gasteiger partial charge in [0.25, 0.3) is 0 Å². The van der Waals surface area contributed by atoms with Crippen LogP contribution in [0, 0.1) is 5.92 Å². The normalized spacial score (nSPS) is 36.0. The summed E-state index contributed by atoms with van der Waals surface area (Å²) in [5, 5.41) is 3.73. The van der Waals surface area contributed by atoms with E-state index in [1.807, 2.05) is 0 Å². The Bertz CT molecular complexity index is 200. The third-order valence-corrected chi connectivity index (χ3v) is 4.12. The molecule has 1 saturated heterocycles. The van der Waals surface area contributed by atoms with E-state index < -0.39 is 0 Å². The molecule has 0 aromatic carbocycles. The zero-order chi connectivity index (χ0) is 12.1. The van der Waals surface area contributed by atoms with E-state index in [-0.39, 0.29) is 0 Å². The van der Waals surface area contributed by atoms with Crippen molar-refractivity contribution in [1.29, 1.82) is 0 Å². The lowest BCUT2D eigenvalue weighted by Gasteiger charge is -2.32. The molecule has 0 aromatic rings. The first-order chi connectivity index (χ1) is 8.24. The Balaban J connectivity index is 1.58.